The number of allylic oxidation sites excluding steroid dienone is 1. The molecule has 47 heavy (non-hydrogen) atoms. The van der Waals surface area contributed by atoms with E-state index in [-0.39, 0.29) is 22.6 Å². The van der Waals surface area contributed by atoms with Crippen LogP contribution in [0, 0.1) is 29.2 Å². The maximum Gasteiger partial charge on any atom is 0.573 e. The van der Waals surface area contributed by atoms with Gasteiger partial charge in [0.25, 0.3) is 0 Å². The molecule has 4 aromatic carbocycles. The standard InChI is InChI=1S/C34H25F9O4/c1-2-3-4-19-17-44-32(45-18-19)21-7-5-20(6-8-21)23-14-28(37)31(29(38)15-23)33(39,40)46-24-10-11-25(26(35)16-24)22-9-12-30(27(36)13-22)47-34(41,42)43/h2,5-16,19,32H,1,3-4,17-18H2. The average Bonchev–Trinajstić information content (AvgIpc) is 3.00. The minimum atomic E-state index is -5.17. The van der Waals surface area contributed by atoms with Gasteiger partial charge in [0.1, 0.15) is 28.8 Å². The molecule has 0 atom stereocenters. The normalized spacial score (nSPS) is 17.0. The van der Waals surface area contributed by atoms with E-state index in [9.17, 15) is 30.7 Å². The molecule has 5 rings (SSSR count). The van der Waals surface area contributed by atoms with Gasteiger partial charge in [-0.05, 0) is 65.9 Å². The molecule has 1 saturated heterocycles. The first kappa shape index (κ1) is 33.9. The summed E-state index contributed by atoms with van der Waals surface area (Å²) in [5.41, 5.74) is -1.44. The third-order valence-corrected chi connectivity index (χ3v) is 7.25. The van der Waals surface area contributed by atoms with Gasteiger partial charge < -0.3 is 18.9 Å². The molecule has 0 amide bonds. The Morgan fingerprint density at radius 2 is 1.32 bits per heavy atom. The van der Waals surface area contributed by atoms with Crippen molar-refractivity contribution in [3.05, 3.63) is 120 Å². The third-order valence-electron chi connectivity index (χ3n) is 7.25. The van der Waals surface area contributed by atoms with E-state index in [0.717, 1.165) is 31.0 Å². The van der Waals surface area contributed by atoms with Crippen molar-refractivity contribution in [2.24, 2.45) is 5.92 Å². The Balaban J connectivity index is 1.29. The molecule has 1 aliphatic heterocycles. The molecular formula is C34H25F9O4. The molecule has 4 aromatic rings. The molecule has 1 aliphatic rings. The summed E-state index contributed by atoms with van der Waals surface area (Å²) in [6.45, 7) is 4.67. The lowest BCUT2D eigenvalue weighted by Crippen LogP contribution is -2.27. The highest BCUT2D eigenvalue weighted by Gasteiger charge is 2.41. The lowest BCUT2D eigenvalue weighted by Gasteiger charge is -2.29. The van der Waals surface area contributed by atoms with Crippen LogP contribution in [0.25, 0.3) is 22.3 Å². The third kappa shape index (κ3) is 8.09. The summed E-state index contributed by atoms with van der Waals surface area (Å²) >= 11 is 0. The fourth-order valence-electron chi connectivity index (χ4n) is 4.97. The van der Waals surface area contributed by atoms with Crippen LogP contribution < -0.4 is 9.47 Å². The van der Waals surface area contributed by atoms with Gasteiger partial charge in [0.15, 0.2) is 17.9 Å². The van der Waals surface area contributed by atoms with Crippen molar-refractivity contribution >= 4 is 0 Å². The molecule has 13 heteroatoms. The van der Waals surface area contributed by atoms with Gasteiger partial charge >= 0.3 is 12.5 Å². The largest absolute Gasteiger partial charge is 0.573 e. The van der Waals surface area contributed by atoms with Crippen molar-refractivity contribution in [1.82, 2.24) is 0 Å². The van der Waals surface area contributed by atoms with E-state index >= 15 is 8.78 Å². The summed E-state index contributed by atoms with van der Waals surface area (Å²) in [6.07, 6.45) is -6.87. The topological polar surface area (TPSA) is 36.9 Å². The number of benzene rings is 4. The lowest BCUT2D eigenvalue weighted by atomic mass is 10.0. The van der Waals surface area contributed by atoms with Gasteiger partial charge in [0, 0.05) is 23.1 Å². The Bertz CT molecular complexity index is 1710. The van der Waals surface area contributed by atoms with Gasteiger partial charge in [0.2, 0.25) is 0 Å². The predicted molar refractivity (Wildman–Crippen MR) is 152 cm³/mol. The first-order chi connectivity index (χ1) is 22.2. The molecule has 1 fully saturated rings. The second-order valence-electron chi connectivity index (χ2n) is 10.6. The number of ether oxygens (including phenoxy) is 4. The van der Waals surface area contributed by atoms with Crippen LogP contribution >= 0.6 is 0 Å². The monoisotopic (exact) mass is 668 g/mol. The van der Waals surface area contributed by atoms with Gasteiger partial charge in [0.05, 0.1) is 13.2 Å². The first-order valence-corrected chi connectivity index (χ1v) is 14.1. The molecule has 0 N–H and O–H groups in total. The quantitative estimate of drug-likeness (QED) is 0.125. The second kappa shape index (κ2) is 13.7. The zero-order valence-corrected chi connectivity index (χ0v) is 24.2. The number of rotatable bonds is 10. The number of halogens is 9. The van der Waals surface area contributed by atoms with E-state index in [1.165, 1.54) is 12.1 Å². The van der Waals surface area contributed by atoms with Crippen LogP contribution in [-0.4, -0.2) is 19.6 Å². The number of hydrogen-bond donors (Lipinski definition) is 0. The van der Waals surface area contributed by atoms with Crippen LogP contribution in [-0.2, 0) is 15.6 Å². The minimum Gasteiger partial charge on any atom is -0.429 e. The van der Waals surface area contributed by atoms with Crippen LogP contribution in [0.2, 0.25) is 0 Å². The van der Waals surface area contributed by atoms with E-state index in [1.807, 2.05) is 6.08 Å². The van der Waals surface area contributed by atoms with Crippen LogP contribution in [0.1, 0.15) is 30.3 Å². The predicted octanol–water partition coefficient (Wildman–Crippen LogP) is 10.2. The van der Waals surface area contributed by atoms with E-state index in [1.54, 1.807) is 12.1 Å². The lowest BCUT2D eigenvalue weighted by molar-refractivity contribution is -0.275. The van der Waals surface area contributed by atoms with Gasteiger partial charge in [-0.1, -0.05) is 36.4 Å². The summed E-state index contributed by atoms with van der Waals surface area (Å²) < 4.78 is 146. The number of alkyl halides is 5. The molecule has 0 aliphatic carbocycles. The Hall–Kier alpha value is -4.49. The molecule has 0 bridgehead atoms. The zero-order chi connectivity index (χ0) is 33.9. The summed E-state index contributed by atoms with van der Waals surface area (Å²) in [5.74, 6) is -7.73. The van der Waals surface area contributed by atoms with Gasteiger partial charge in [-0.15, -0.1) is 19.8 Å². The molecular weight excluding hydrogens is 643 g/mol. The molecule has 0 spiro atoms. The van der Waals surface area contributed by atoms with Gasteiger partial charge in [-0.2, -0.15) is 8.78 Å². The summed E-state index contributed by atoms with van der Waals surface area (Å²) in [4.78, 5) is 0. The van der Waals surface area contributed by atoms with Crippen LogP contribution in [0.3, 0.4) is 0 Å². The van der Waals surface area contributed by atoms with E-state index in [2.05, 4.69) is 16.1 Å². The maximum atomic E-state index is 15.0. The van der Waals surface area contributed by atoms with Crippen molar-refractivity contribution in [3.63, 3.8) is 0 Å². The maximum absolute atomic E-state index is 15.0. The number of hydrogen-bond acceptors (Lipinski definition) is 4. The minimum absolute atomic E-state index is 0.0460. The highest BCUT2D eigenvalue weighted by molar-refractivity contribution is 5.66. The van der Waals surface area contributed by atoms with Crippen LogP contribution in [0.15, 0.2) is 85.5 Å². The van der Waals surface area contributed by atoms with Crippen molar-refractivity contribution in [2.45, 2.75) is 31.6 Å². The zero-order valence-electron chi connectivity index (χ0n) is 24.2. The summed E-state index contributed by atoms with van der Waals surface area (Å²) in [5, 5.41) is 0. The highest BCUT2D eigenvalue weighted by atomic mass is 19.4. The van der Waals surface area contributed by atoms with Crippen molar-refractivity contribution in [1.29, 1.82) is 0 Å². The fourth-order valence-corrected chi connectivity index (χ4v) is 4.97. The fraction of sp³-hybridized carbons (Fsp3) is 0.235. The average molecular weight is 669 g/mol. The Morgan fingerprint density at radius 1 is 0.702 bits per heavy atom. The molecule has 0 radical (unpaired) electrons. The highest BCUT2D eigenvalue weighted by Crippen LogP contribution is 2.39. The van der Waals surface area contributed by atoms with E-state index in [0.29, 0.717) is 54.7 Å². The second-order valence-corrected chi connectivity index (χ2v) is 10.6. The Labute approximate surface area is 263 Å². The molecule has 1 heterocycles. The van der Waals surface area contributed by atoms with Crippen molar-refractivity contribution in [3.8, 4) is 33.8 Å². The van der Waals surface area contributed by atoms with Crippen molar-refractivity contribution in [2.75, 3.05) is 13.2 Å². The summed E-state index contributed by atoms with van der Waals surface area (Å²) in [7, 11) is 0. The van der Waals surface area contributed by atoms with Crippen LogP contribution in [0.5, 0.6) is 11.5 Å². The van der Waals surface area contributed by atoms with E-state index < -0.39 is 59.1 Å². The molecule has 248 valence electrons. The SMILES string of the molecule is C=CCCC1COC(c2ccc(-c3cc(F)c(C(F)(F)Oc4ccc(-c5ccc(OC(F)(F)F)c(F)c5)c(F)c4)c(F)c3)cc2)OC1. The molecule has 0 saturated carbocycles. The molecule has 0 aromatic heterocycles. The van der Waals surface area contributed by atoms with Gasteiger partial charge in [-0.25, -0.2) is 17.6 Å². The molecule has 4 nitrogen and oxygen atoms in total. The van der Waals surface area contributed by atoms with Gasteiger partial charge in [-0.3, -0.25) is 0 Å². The van der Waals surface area contributed by atoms with Crippen molar-refractivity contribution < 1.29 is 58.5 Å². The summed E-state index contributed by atoms with van der Waals surface area (Å²) in [6, 6.07) is 11.9. The molecule has 0 unspecified atom stereocenters. The first-order valence-electron chi connectivity index (χ1n) is 14.1. The van der Waals surface area contributed by atoms with E-state index in [4.69, 9.17) is 9.47 Å². The van der Waals surface area contributed by atoms with Crippen LogP contribution in [0.4, 0.5) is 39.5 Å². The smallest absolute Gasteiger partial charge is 0.429 e. The Kier molecular flexibility index (Phi) is 9.87. The Morgan fingerprint density at radius 3 is 1.89 bits per heavy atom.